The number of esters is 1. The third-order valence-corrected chi connectivity index (χ3v) is 4.16. The van der Waals surface area contributed by atoms with Gasteiger partial charge in [0.05, 0.1) is 11.4 Å². The Kier molecular flexibility index (Phi) is 4.36. The Hall–Kier alpha value is -2.66. The summed E-state index contributed by atoms with van der Waals surface area (Å²) in [5.41, 5.74) is 3.43. The molecule has 0 spiro atoms. The molecule has 0 aliphatic carbocycles. The van der Waals surface area contributed by atoms with E-state index in [2.05, 4.69) is 10.3 Å². The lowest BCUT2D eigenvalue weighted by atomic mass is 10.2. The van der Waals surface area contributed by atoms with Gasteiger partial charge in [0, 0.05) is 5.02 Å². The number of carbonyl (C=O) groups excluding carboxylic acids is 1. The average Bonchev–Trinajstić information content (AvgIpc) is 2.92. The molecule has 0 aliphatic heterocycles. The highest BCUT2D eigenvalue weighted by Gasteiger charge is 2.20. The van der Waals surface area contributed by atoms with Gasteiger partial charge in [-0.15, -0.1) is 5.10 Å². The van der Waals surface area contributed by atoms with Gasteiger partial charge in [-0.25, -0.2) is 9.48 Å². The third-order valence-electron chi connectivity index (χ3n) is 3.76. The summed E-state index contributed by atoms with van der Waals surface area (Å²) >= 11 is 6.15. The van der Waals surface area contributed by atoms with E-state index in [0.717, 1.165) is 16.8 Å². The van der Waals surface area contributed by atoms with Gasteiger partial charge in [-0.3, -0.25) is 0 Å². The van der Waals surface area contributed by atoms with Crippen molar-refractivity contribution in [3.63, 3.8) is 0 Å². The Morgan fingerprint density at radius 1 is 1.12 bits per heavy atom. The van der Waals surface area contributed by atoms with Crippen LogP contribution in [0.3, 0.4) is 0 Å². The van der Waals surface area contributed by atoms with E-state index in [4.69, 9.17) is 16.3 Å². The van der Waals surface area contributed by atoms with Crippen molar-refractivity contribution in [1.82, 2.24) is 15.0 Å². The van der Waals surface area contributed by atoms with Crippen molar-refractivity contribution in [2.75, 3.05) is 0 Å². The molecule has 5 nitrogen and oxygen atoms in total. The molecule has 0 N–H and O–H groups in total. The van der Waals surface area contributed by atoms with Crippen LogP contribution in [0, 0.1) is 20.8 Å². The van der Waals surface area contributed by atoms with Crippen molar-refractivity contribution in [2.45, 2.75) is 20.8 Å². The summed E-state index contributed by atoms with van der Waals surface area (Å²) in [6, 6.07) is 12.8. The minimum Gasteiger partial charge on any atom is -0.422 e. The van der Waals surface area contributed by atoms with E-state index >= 15 is 0 Å². The van der Waals surface area contributed by atoms with Crippen LogP contribution >= 0.6 is 11.6 Å². The molecule has 3 rings (SSSR count). The highest BCUT2D eigenvalue weighted by Crippen LogP contribution is 2.23. The van der Waals surface area contributed by atoms with Gasteiger partial charge in [-0.2, -0.15) is 0 Å². The number of aromatic nitrogens is 3. The van der Waals surface area contributed by atoms with Gasteiger partial charge in [-0.05, 0) is 56.2 Å². The molecule has 0 saturated carbocycles. The molecular formula is C18H16ClN3O2. The summed E-state index contributed by atoms with van der Waals surface area (Å²) in [6.07, 6.45) is 0. The van der Waals surface area contributed by atoms with Crippen molar-refractivity contribution in [1.29, 1.82) is 0 Å². The summed E-state index contributed by atoms with van der Waals surface area (Å²) in [4.78, 5) is 12.4. The van der Waals surface area contributed by atoms with Crippen LogP contribution in [0.4, 0.5) is 0 Å². The Morgan fingerprint density at radius 3 is 2.62 bits per heavy atom. The van der Waals surface area contributed by atoms with E-state index in [0.29, 0.717) is 16.5 Å². The minimum absolute atomic E-state index is 0.177. The van der Waals surface area contributed by atoms with E-state index in [1.54, 1.807) is 29.8 Å². The fraction of sp³-hybridized carbons (Fsp3) is 0.167. The molecule has 0 atom stereocenters. The van der Waals surface area contributed by atoms with Crippen LogP contribution in [0.5, 0.6) is 5.75 Å². The Labute approximate surface area is 144 Å². The minimum atomic E-state index is -0.538. The van der Waals surface area contributed by atoms with Crippen molar-refractivity contribution >= 4 is 17.6 Å². The largest absolute Gasteiger partial charge is 0.422 e. The Balaban J connectivity index is 1.92. The summed E-state index contributed by atoms with van der Waals surface area (Å²) in [5, 5.41) is 8.68. The number of carbonyl (C=O) groups is 1. The first kappa shape index (κ1) is 16.2. The quantitative estimate of drug-likeness (QED) is 0.532. The van der Waals surface area contributed by atoms with Crippen LogP contribution in [0.1, 0.15) is 27.3 Å². The second-order valence-electron chi connectivity index (χ2n) is 5.53. The molecule has 1 aromatic heterocycles. The van der Waals surface area contributed by atoms with E-state index in [9.17, 15) is 4.79 Å². The molecule has 24 heavy (non-hydrogen) atoms. The SMILES string of the molecule is Cc1cccc(OC(=O)c2nnn(-c3cccc(Cl)c3C)c2C)c1. The van der Waals surface area contributed by atoms with Crippen LogP contribution in [-0.2, 0) is 0 Å². The normalized spacial score (nSPS) is 10.7. The Morgan fingerprint density at radius 2 is 1.88 bits per heavy atom. The number of rotatable bonds is 3. The molecule has 0 fully saturated rings. The fourth-order valence-corrected chi connectivity index (χ4v) is 2.58. The summed E-state index contributed by atoms with van der Waals surface area (Å²) in [7, 11) is 0. The number of benzene rings is 2. The fourth-order valence-electron chi connectivity index (χ4n) is 2.41. The molecule has 122 valence electrons. The maximum atomic E-state index is 12.4. The number of halogens is 1. The van der Waals surface area contributed by atoms with Crippen molar-refractivity contribution in [3.05, 3.63) is 70.0 Å². The van der Waals surface area contributed by atoms with E-state index < -0.39 is 5.97 Å². The maximum absolute atomic E-state index is 12.4. The maximum Gasteiger partial charge on any atom is 0.366 e. The van der Waals surface area contributed by atoms with Gasteiger partial charge in [0.1, 0.15) is 5.75 Å². The lowest BCUT2D eigenvalue weighted by molar-refractivity contribution is 0.0727. The summed E-state index contributed by atoms with van der Waals surface area (Å²) in [6.45, 7) is 5.59. The molecule has 6 heteroatoms. The van der Waals surface area contributed by atoms with Crippen molar-refractivity contribution in [3.8, 4) is 11.4 Å². The lowest BCUT2D eigenvalue weighted by Gasteiger charge is -2.08. The highest BCUT2D eigenvalue weighted by atomic mass is 35.5. The predicted molar refractivity (Wildman–Crippen MR) is 92.0 cm³/mol. The van der Waals surface area contributed by atoms with E-state index in [1.165, 1.54) is 0 Å². The van der Waals surface area contributed by atoms with Gasteiger partial charge in [0.2, 0.25) is 0 Å². The summed E-state index contributed by atoms with van der Waals surface area (Å²) in [5.74, 6) is -0.0584. The molecule has 0 saturated heterocycles. The van der Waals surface area contributed by atoms with Crippen LogP contribution < -0.4 is 4.74 Å². The number of ether oxygens (including phenoxy) is 1. The van der Waals surface area contributed by atoms with Gasteiger partial charge >= 0.3 is 5.97 Å². The van der Waals surface area contributed by atoms with Gasteiger partial charge in [0.25, 0.3) is 0 Å². The van der Waals surface area contributed by atoms with E-state index in [1.807, 2.05) is 38.1 Å². The van der Waals surface area contributed by atoms with Crippen LogP contribution in [0.2, 0.25) is 5.02 Å². The molecule has 2 aromatic carbocycles. The van der Waals surface area contributed by atoms with Crippen molar-refractivity contribution < 1.29 is 9.53 Å². The monoisotopic (exact) mass is 341 g/mol. The third kappa shape index (κ3) is 3.03. The van der Waals surface area contributed by atoms with Gasteiger partial charge in [0.15, 0.2) is 5.69 Å². The standard InChI is InChI=1S/C18H16ClN3O2/c1-11-6-4-7-14(10-11)24-18(23)17-13(3)22(21-20-17)16-9-5-8-15(19)12(16)2/h4-10H,1-3H3. The zero-order chi connectivity index (χ0) is 17.3. The smallest absolute Gasteiger partial charge is 0.366 e. The first-order chi connectivity index (χ1) is 11.5. The van der Waals surface area contributed by atoms with Crippen LogP contribution in [0.25, 0.3) is 5.69 Å². The topological polar surface area (TPSA) is 57.0 Å². The highest BCUT2D eigenvalue weighted by molar-refractivity contribution is 6.31. The van der Waals surface area contributed by atoms with Crippen LogP contribution in [-0.4, -0.2) is 21.0 Å². The molecule has 0 aliphatic rings. The molecule has 3 aromatic rings. The number of aryl methyl sites for hydroxylation is 1. The Bertz CT molecular complexity index is 918. The molecular weight excluding hydrogens is 326 g/mol. The number of hydrogen-bond donors (Lipinski definition) is 0. The molecule has 0 radical (unpaired) electrons. The first-order valence-corrected chi connectivity index (χ1v) is 7.82. The predicted octanol–water partition coefficient (Wildman–Crippen LogP) is 4.07. The number of nitrogens with zero attached hydrogens (tertiary/aromatic N) is 3. The number of hydrogen-bond acceptors (Lipinski definition) is 4. The molecule has 1 heterocycles. The van der Waals surface area contributed by atoms with Gasteiger partial charge < -0.3 is 4.74 Å². The second-order valence-corrected chi connectivity index (χ2v) is 5.93. The molecule has 0 bridgehead atoms. The van der Waals surface area contributed by atoms with Crippen LogP contribution in [0.15, 0.2) is 42.5 Å². The first-order valence-electron chi connectivity index (χ1n) is 7.44. The molecule has 0 unspecified atom stereocenters. The second kappa shape index (κ2) is 6.45. The zero-order valence-corrected chi connectivity index (χ0v) is 14.3. The molecule has 0 amide bonds. The summed E-state index contributed by atoms with van der Waals surface area (Å²) < 4.78 is 6.98. The van der Waals surface area contributed by atoms with E-state index in [-0.39, 0.29) is 5.69 Å². The van der Waals surface area contributed by atoms with Crippen molar-refractivity contribution in [2.24, 2.45) is 0 Å². The van der Waals surface area contributed by atoms with Gasteiger partial charge in [-0.1, -0.05) is 35.0 Å². The zero-order valence-electron chi connectivity index (χ0n) is 13.6. The average molecular weight is 342 g/mol. The lowest BCUT2D eigenvalue weighted by Crippen LogP contribution is -2.11.